The number of carbonyl (C=O) groups excluding carboxylic acids is 1. The first kappa shape index (κ1) is 12.1. The molecule has 0 aliphatic heterocycles. The second-order valence-electron chi connectivity index (χ2n) is 3.06. The van der Waals surface area contributed by atoms with Crippen LogP contribution in [0.1, 0.15) is 6.92 Å². The molecule has 0 unspecified atom stereocenters. The number of benzene rings is 1. The summed E-state index contributed by atoms with van der Waals surface area (Å²) in [6.07, 6.45) is 3.12. The molecule has 1 aromatic carbocycles. The van der Waals surface area contributed by atoms with Crippen LogP contribution in [0.4, 0.5) is 5.69 Å². The van der Waals surface area contributed by atoms with Gasteiger partial charge < -0.3 is 14.8 Å². The van der Waals surface area contributed by atoms with Gasteiger partial charge >= 0.3 is 0 Å². The van der Waals surface area contributed by atoms with E-state index in [4.69, 9.17) is 9.47 Å². The second kappa shape index (κ2) is 5.80. The molecular formula is C12H15NO3. The van der Waals surface area contributed by atoms with Gasteiger partial charge in [0.15, 0.2) is 0 Å². The number of nitrogens with one attached hydrogen (secondary N) is 1. The molecule has 0 radical (unpaired) electrons. The lowest BCUT2D eigenvalue weighted by molar-refractivity contribution is -0.111. The van der Waals surface area contributed by atoms with Crippen LogP contribution in [0.5, 0.6) is 11.5 Å². The molecule has 1 aromatic rings. The summed E-state index contributed by atoms with van der Waals surface area (Å²) in [5, 5.41) is 2.71. The Labute approximate surface area is 94.9 Å². The van der Waals surface area contributed by atoms with Crippen molar-refractivity contribution in [1.29, 1.82) is 0 Å². The fourth-order valence-electron chi connectivity index (χ4n) is 1.23. The van der Waals surface area contributed by atoms with E-state index in [1.807, 2.05) is 0 Å². The van der Waals surface area contributed by atoms with Crippen LogP contribution < -0.4 is 14.8 Å². The smallest absolute Gasteiger partial charge is 0.248 e. The quantitative estimate of drug-likeness (QED) is 0.793. The molecule has 1 rings (SSSR count). The Hall–Kier alpha value is -1.97. The molecule has 0 fully saturated rings. The summed E-state index contributed by atoms with van der Waals surface area (Å²) in [6, 6.07) is 5.21. The number of allylic oxidation sites excluding steroid dienone is 1. The minimum Gasteiger partial charge on any atom is -0.497 e. The fraction of sp³-hybridized carbons (Fsp3) is 0.250. The molecule has 0 atom stereocenters. The third kappa shape index (κ3) is 3.02. The van der Waals surface area contributed by atoms with Crippen LogP contribution in [0.25, 0.3) is 0 Å². The standard InChI is InChI=1S/C12H15NO3/c1-4-5-12(14)13-10-7-6-9(15-2)8-11(10)16-3/h4-8H,1-3H3,(H,13,14). The van der Waals surface area contributed by atoms with Gasteiger partial charge in [0.25, 0.3) is 0 Å². The molecule has 16 heavy (non-hydrogen) atoms. The van der Waals surface area contributed by atoms with E-state index >= 15 is 0 Å². The third-order valence-electron chi connectivity index (χ3n) is 1.98. The number of hydrogen-bond donors (Lipinski definition) is 1. The minimum absolute atomic E-state index is 0.189. The van der Waals surface area contributed by atoms with E-state index in [0.29, 0.717) is 17.2 Å². The van der Waals surface area contributed by atoms with E-state index in [-0.39, 0.29) is 5.91 Å². The number of anilines is 1. The third-order valence-corrected chi connectivity index (χ3v) is 1.98. The highest BCUT2D eigenvalue weighted by atomic mass is 16.5. The lowest BCUT2D eigenvalue weighted by atomic mass is 10.2. The highest BCUT2D eigenvalue weighted by molar-refractivity contribution is 6.00. The van der Waals surface area contributed by atoms with Crippen molar-refractivity contribution < 1.29 is 14.3 Å². The van der Waals surface area contributed by atoms with Crippen molar-refractivity contribution in [2.24, 2.45) is 0 Å². The van der Waals surface area contributed by atoms with Crippen LogP contribution in [-0.2, 0) is 4.79 Å². The molecule has 0 bridgehead atoms. The highest BCUT2D eigenvalue weighted by Gasteiger charge is 2.06. The minimum atomic E-state index is -0.189. The Morgan fingerprint density at radius 2 is 2.06 bits per heavy atom. The summed E-state index contributed by atoms with van der Waals surface area (Å²) in [4.78, 5) is 11.4. The Balaban J connectivity index is 2.91. The van der Waals surface area contributed by atoms with Crippen molar-refractivity contribution >= 4 is 11.6 Å². The first-order valence-electron chi connectivity index (χ1n) is 4.87. The molecule has 0 aliphatic rings. The van der Waals surface area contributed by atoms with Crippen LogP contribution >= 0.6 is 0 Å². The van der Waals surface area contributed by atoms with Gasteiger partial charge in [-0.25, -0.2) is 0 Å². The maximum Gasteiger partial charge on any atom is 0.248 e. The Morgan fingerprint density at radius 1 is 1.31 bits per heavy atom. The average Bonchev–Trinajstić information content (AvgIpc) is 2.30. The van der Waals surface area contributed by atoms with E-state index in [0.717, 1.165) is 0 Å². The Morgan fingerprint density at radius 3 is 2.62 bits per heavy atom. The van der Waals surface area contributed by atoms with Crippen molar-refractivity contribution in [1.82, 2.24) is 0 Å². The predicted molar refractivity (Wildman–Crippen MR) is 63.0 cm³/mol. The van der Waals surface area contributed by atoms with Gasteiger partial charge in [-0.2, -0.15) is 0 Å². The van der Waals surface area contributed by atoms with E-state index < -0.39 is 0 Å². The molecule has 0 heterocycles. The zero-order chi connectivity index (χ0) is 12.0. The summed E-state index contributed by atoms with van der Waals surface area (Å²) in [7, 11) is 3.12. The van der Waals surface area contributed by atoms with Crippen molar-refractivity contribution in [3.63, 3.8) is 0 Å². The number of amides is 1. The summed E-state index contributed by atoms with van der Waals surface area (Å²) in [5.41, 5.74) is 0.617. The Kier molecular flexibility index (Phi) is 4.39. The molecule has 86 valence electrons. The normalized spacial score (nSPS) is 10.2. The molecule has 0 aliphatic carbocycles. The van der Waals surface area contributed by atoms with Crippen molar-refractivity contribution in [3.8, 4) is 11.5 Å². The molecular weight excluding hydrogens is 206 g/mol. The number of ether oxygens (including phenoxy) is 2. The number of hydrogen-bond acceptors (Lipinski definition) is 3. The summed E-state index contributed by atoms with van der Waals surface area (Å²) in [6.45, 7) is 1.78. The zero-order valence-electron chi connectivity index (χ0n) is 9.61. The molecule has 0 saturated heterocycles. The van der Waals surface area contributed by atoms with Crippen LogP contribution in [-0.4, -0.2) is 20.1 Å². The largest absolute Gasteiger partial charge is 0.497 e. The van der Waals surface area contributed by atoms with Gasteiger partial charge in [-0.1, -0.05) is 6.08 Å². The maximum atomic E-state index is 11.4. The van der Waals surface area contributed by atoms with Crippen LogP contribution in [0.15, 0.2) is 30.4 Å². The molecule has 4 heteroatoms. The van der Waals surface area contributed by atoms with Gasteiger partial charge in [0, 0.05) is 6.07 Å². The molecule has 0 saturated carbocycles. The van der Waals surface area contributed by atoms with E-state index in [2.05, 4.69) is 5.32 Å². The fourth-order valence-corrected chi connectivity index (χ4v) is 1.23. The van der Waals surface area contributed by atoms with Crippen molar-refractivity contribution in [2.45, 2.75) is 6.92 Å². The summed E-state index contributed by atoms with van der Waals surface area (Å²) >= 11 is 0. The SMILES string of the molecule is CC=CC(=O)Nc1ccc(OC)cc1OC. The van der Waals surface area contributed by atoms with Gasteiger partial charge in [0.05, 0.1) is 19.9 Å². The highest BCUT2D eigenvalue weighted by Crippen LogP contribution is 2.28. The number of rotatable bonds is 4. The van der Waals surface area contributed by atoms with Crippen LogP contribution in [0.2, 0.25) is 0 Å². The first-order chi connectivity index (χ1) is 7.71. The van der Waals surface area contributed by atoms with Crippen molar-refractivity contribution in [2.75, 3.05) is 19.5 Å². The van der Waals surface area contributed by atoms with E-state index in [9.17, 15) is 4.79 Å². The molecule has 4 nitrogen and oxygen atoms in total. The van der Waals surface area contributed by atoms with Gasteiger partial charge in [-0.05, 0) is 25.1 Å². The zero-order valence-corrected chi connectivity index (χ0v) is 9.61. The molecule has 1 amide bonds. The second-order valence-corrected chi connectivity index (χ2v) is 3.06. The van der Waals surface area contributed by atoms with Gasteiger partial charge in [-0.3, -0.25) is 4.79 Å². The number of carbonyl (C=O) groups is 1. The monoisotopic (exact) mass is 221 g/mol. The average molecular weight is 221 g/mol. The van der Waals surface area contributed by atoms with Crippen LogP contribution in [0, 0.1) is 0 Å². The lowest BCUT2D eigenvalue weighted by Crippen LogP contribution is -2.08. The van der Waals surface area contributed by atoms with Crippen LogP contribution in [0.3, 0.4) is 0 Å². The lowest BCUT2D eigenvalue weighted by Gasteiger charge is -2.10. The molecule has 0 spiro atoms. The topological polar surface area (TPSA) is 47.6 Å². The molecule has 1 N–H and O–H groups in total. The van der Waals surface area contributed by atoms with Gasteiger partial charge in [0.1, 0.15) is 11.5 Å². The maximum absolute atomic E-state index is 11.4. The summed E-state index contributed by atoms with van der Waals surface area (Å²) in [5.74, 6) is 1.06. The number of methoxy groups -OCH3 is 2. The van der Waals surface area contributed by atoms with E-state index in [1.165, 1.54) is 6.08 Å². The van der Waals surface area contributed by atoms with E-state index in [1.54, 1.807) is 45.4 Å². The van der Waals surface area contributed by atoms with Gasteiger partial charge in [0.2, 0.25) is 5.91 Å². The summed E-state index contributed by atoms with van der Waals surface area (Å²) < 4.78 is 10.2. The predicted octanol–water partition coefficient (Wildman–Crippen LogP) is 2.22. The first-order valence-corrected chi connectivity index (χ1v) is 4.87. The van der Waals surface area contributed by atoms with Crippen molar-refractivity contribution in [3.05, 3.63) is 30.4 Å². The van der Waals surface area contributed by atoms with Gasteiger partial charge in [-0.15, -0.1) is 0 Å². The Bertz CT molecular complexity index is 399. The molecule has 0 aromatic heterocycles.